The maximum Gasteiger partial charge on any atom is 0.341 e. The number of carboxylic acids is 1. The van der Waals surface area contributed by atoms with E-state index in [1.165, 1.54) is 6.20 Å². The van der Waals surface area contributed by atoms with Crippen LogP contribution >= 0.6 is 0 Å². The summed E-state index contributed by atoms with van der Waals surface area (Å²) in [6.07, 6.45) is 1.27. The summed E-state index contributed by atoms with van der Waals surface area (Å²) in [4.78, 5) is 25.6. The summed E-state index contributed by atoms with van der Waals surface area (Å²) in [5.41, 5.74) is 5.24. The van der Waals surface area contributed by atoms with E-state index in [1.54, 1.807) is 9.47 Å². The lowest BCUT2D eigenvalue weighted by Gasteiger charge is -2.31. The Balaban J connectivity index is 2.00. The number of aromatic carboxylic acids is 1. The number of halogens is 2. The van der Waals surface area contributed by atoms with Crippen molar-refractivity contribution in [2.24, 2.45) is 11.7 Å². The number of rotatable bonds is 3. The minimum absolute atomic E-state index is 0.0526. The van der Waals surface area contributed by atoms with Crippen LogP contribution in [0.15, 0.2) is 17.1 Å². The Morgan fingerprint density at radius 1 is 1.44 bits per heavy atom. The van der Waals surface area contributed by atoms with Gasteiger partial charge in [-0.3, -0.25) is 9.18 Å². The molecule has 144 valence electrons. The maximum atomic E-state index is 15.0. The summed E-state index contributed by atoms with van der Waals surface area (Å²) < 4.78 is 35.5. The zero-order chi connectivity index (χ0) is 19.5. The highest BCUT2D eigenvalue weighted by Gasteiger charge is 2.36. The SMILES string of the molecule is C[C@H]1COc2c(N3C[C@@H](CF)[C@@H](N)C3)c(F)cc3c(=O)c(C(=O)O)cn1c23. The van der Waals surface area contributed by atoms with E-state index in [0.717, 1.165) is 6.07 Å². The van der Waals surface area contributed by atoms with Crippen LogP contribution in [0.2, 0.25) is 0 Å². The number of nitrogens with zero attached hydrogens (tertiary/aromatic N) is 2. The van der Waals surface area contributed by atoms with E-state index in [9.17, 15) is 23.5 Å². The van der Waals surface area contributed by atoms with Crippen molar-refractivity contribution in [3.8, 4) is 5.75 Å². The Morgan fingerprint density at radius 2 is 2.19 bits per heavy atom. The van der Waals surface area contributed by atoms with Gasteiger partial charge in [0, 0.05) is 31.2 Å². The van der Waals surface area contributed by atoms with Crippen molar-refractivity contribution in [2.45, 2.75) is 19.0 Å². The number of hydrogen-bond donors (Lipinski definition) is 2. The molecule has 2 aliphatic rings. The molecular weight excluding hydrogens is 360 g/mol. The lowest BCUT2D eigenvalue weighted by atomic mass is 10.1. The molecule has 0 aliphatic carbocycles. The van der Waals surface area contributed by atoms with E-state index in [0.29, 0.717) is 5.52 Å². The molecule has 3 heterocycles. The second-order valence-electron chi connectivity index (χ2n) is 7.16. The lowest BCUT2D eigenvalue weighted by molar-refractivity contribution is 0.0694. The molecule has 9 heteroatoms. The first kappa shape index (κ1) is 17.7. The molecule has 1 saturated heterocycles. The highest BCUT2D eigenvalue weighted by atomic mass is 19.1. The van der Waals surface area contributed by atoms with Gasteiger partial charge >= 0.3 is 5.97 Å². The number of carbonyl (C=O) groups is 1. The van der Waals surface area contributed by atoms with Gasteiger partial charge in [0.2, 0.25) is 5.43 Å². The molecule has 0 spiro atoms. The first-order chi connectivity index (χ1) is 12.8. The number of carboxylic acid groups (broad SMARTS) is 1. The van der Waals surface area contributed by atoms with E-state index in [2.05, 4.69) is 0 Å². The molecule has 0 unspecified atom stereocenters. The molecule has 3 N–H and O–H groups in total. The molecule has 2 aliphatic heterocycles. The average Bonchev–Trinajstić information content (AvgIpc) is 2.99. The first-order valence-corrected chi connectivity index (χ1v) is 8.67. The average molecular weight is 379 g/mol. The third kappa shape index (κ3) is 2.56. The van der Waals surface area contributed by atoms with Gasteiger partial charge in [0.15, 0.2) is 11.6 Å². The summed E-state index contributed by atoms with van der Waals surface area (Å²) in [6.45, 7) is 1.90. The third-order valence-electron chi connectivity index (χ3n) is 5.38. The molecular formula is C18H19F2N3O4. The van der Waals surface area contributed by atoms with Gasteiger partial charge in [0.25, 0.3) is 0 Å². The fourth-order valence-corrected chi connectivity index (χ4v) is 3.90. The quantitative estimate of drug-likeness (QED) is 0.839. The molecule has 0 saturated carbocycles. The molecule has 27 heavy (non-hydrogen) atoms. The summed E-state index contributed by atoms with van der Waals surface area (Å²) >= 11 is 0. The van der Waals surface area contributed by atoms with Crippen LogP contribution in [0.3, 0.4) is 0 Å². The molecule has 7 nitrogen and oxygen atoms in total. The van der Waals surface area contributed by atoms with Crippen molar-refractivity contribution < 1.29 is 23.4 Å². The van der Waals surface area contributed by atoms with Gasteiger partial charge in [-0.05, 0) is 13.0 Å². The number of ether oxygens (including phenoxy) is 1. The summed E-state index contributed by atoms with van der Waals surface area (Å²) in [5.74, 6) is -2.33. The van der Waals surface area contributed by atoms with E-state index >= 15 is 0 Å². The van der Waals surface area contributed by atoms with Crippen LogP contribution in [0.5, 0.6) is 5.75 Å². The summed E-state index contributed by atoms with van der Waals surface area (Å²) in [7, 11) is 0. The zero-order valence-electron chi connectivity index (χ0n) is 14.6. The van der Waals surface area contributed by atoms with Crippen LogP contribution in [-0.4, -0.2) is 48.1 Å². The van der Waals surface area contributed by atoms with Crippen molar-refractivity contribution in [2.75, 3.05) is 31.3 Å². The molecule has 2 aromatic rings. The number of alkyl halides is 1. The highest BCUT2D eigenvalue weighted by Crippen LogP contribution is 2.43. The number of pyridine rings is 1. The highest BCUT2D eigenvalue weighted by molar-refractivity contribution is 5.97. The number of anilines is 1. The number of nitrogens with two attached hydrogens (primary N) is 1. The largest absolute Gasteiger partial charge is 0.487 e. The second-order valence-corrected chi connectivity index (χ2v) is 7.16. The zero-order valence-corrected chi connectivity index (χ0v) is 14.6. The first-order valence-electron chi connectivity index (χ1n) is 8.67. The van der Waals surface area contributed by atoms with E-state index in [1.807, 2.05) is 6.92 Å². The van der Waals surface area contributed by atoms with Crippen LogP contribution in [-0.2, 0) is 0 Å². The molecule has 0 amide bonds. The minimum Gasteiger partial charge on any atom is -0.487 e. The van der Waals surface area contributed by atoms with Crippen LogP contribution in [0, 0.1) is 11.7 Å². The van der Waals surface area contributed by atoms with E-state index in [-0.39, 0.29) is 42.6 Å². The van der Waals surface area contributed by atoms with Crippen LogP contribution in [0.4, 0.5) is 14.5 Å². The van der Waals surface area contributed by atoms with Crippen molar-refractivity contribution >= 4 is 22.6 Å². The van der Waals surface area contributed by atoms with Gasteiger partial charge in [-0.1, -0.05) is 0 Å². The van der Waals surface area contributed by atoms with Crippen molar-refractivity contribution in [3.05, 3.63) is 33.9 Å². The third-order valence-corrected chi connectivity index (χ3v) is 5.38. The number of benzene rings is 1. The van der Waals surface area contributed by atoms with Crippen LogP contribution in [0.25, 0.3) is 10.9 Å². The molecule has 0 bridgehead atoms. The normalized spacial score (nSPS) is 24.3. The van der Waals surface area contributed by atoms with Crippen LogP contribution < -0.4 is 20.8 Å². The minimum atomic E-state index is -1.37. The number of aromatic nitrogens is 1. The Bertz CT molecular complexity index is 1010. The van der Waals surface area contributed by atoms with Crippen LogP contribution in [0.1, 0.15) is 23.3 Å². The lowest BCUT2D eigenvalue weighted by Crippen LogP contribution is -2.31. The second kappa shape index (κ2) is 6.19. The fraction of sp³-hybridized carbons (Fsp3) is 0.444. The van der Waals surface area contributed by atoms with Gasteiger partial charge in [-0.25, -0.2) is 9.18 Å². The fourth-order valence-electron chi connectivity index (χ4n) is 3.90. The molecule has 1 aromatic heterocycles. The Hall–Kier alpha value is -2.68. The summed E-state index contributed by atoms with van der Waals surface area (Å²) in [6, 6.07) is 0.364. The topological polar surface area (TPSA) is 97.8 Å². The van der Waals surface area contributed by atoms with E-state index < -0.39 is 41.4 Å². The van der Waals surface area contributed by atoms with Gasteiger partial charge < -0.3 is 25.0 Å². The monoisotopic (exact) mass is 379 g/mol. The molecule has 1 fully saturated rings. The number of hydrogen-bond acceptors (Lipinski definition) is 5. The Morgan fingerprint density at radius 3 is 2.81 bits per heavy atom. The standard InChI is InChI=1S/C18H19F2N3O4/c1-8-7-27-17-14-10(16(24)11(18(25)26)5-23(8)14)2-12(20)15(17)22-4-9(3-19)13(21)6-22/h2,5,8-9,13H,3-4,6-7,21H2,1H3,(H,25,26)/t8-,9+,13-/m0/s1. The Kier molecular flexibility index (Phi) is 4.06. The molecule has 1 aromatic carbocycles. The van der Waals surface area contributed by atoms with E-state index in [4.69, 9.17) is 10.5 Å². The van der Waals surface area contributed by atoms with Gasteiger partial charge in [-0.2, -0.15) is 0 Å². The molecule has 0 radical (unpaired) electrons. The Labute approximate surface area is 152 Å². The van der Waals surface area contributed by atoms with Crippen molar-refractivity contribution in [3.63, 3.8) is 0 Å². The van der Waals surface area contributed by atoms with Crippen molar-refractivity contribution in [1.29, 1.82) is 0 Å². The molecule has 3 atom stereocenters. The molecule has 4 rings (SSSR count). The predicted octanol–water partition coefficient (Wildman–Crippen LogP) is 1.53. The maximum absolute atomic E-state index is 15.0. The van der Waals surface area contributed by atoms with Gasteiger partial charge in [0.1, 0.15) is 17.9 Å². The predicted molar refractivity (Wildman–Crippen MR) is 95.0 cm³/mol. The smallest absolute Gasteiger partial charge is 0.341 e. The van der Waals surface area contributed by atoms with Gasteiger partial charge in [-0.15, -0.1) is 0 Å². The van der Waals surface area contributed by atoms with Crippen molar-refractivity contribution in [1.82, 2.24) is 4.57 Å². The summed E-state index contributed by atoms with van der Waals surface area (Å²) in [5, 5.41) is 9.25. The van der Waals surface area contributed by atoms with Gasteiger partial charge in [0.05, 0.1) is 23.6 Å².